The first-order valence-electron chi connectivity index (χ1n) is 11.3. The number of thiazole rings is 1. The fraction of sp³-hybridized carbons (Fsp3) is 0.440. The summed E-state index contributed by atoms with van der Waals surface area (Å²) in [6.45, 7) is 11.1. The summed E-state index contributed by atoms with van der Waals surface area (Å²) in [6.07, 6.45) is 0.981. The van der Waals surface area contributed by atoms with E-state index in [1.54, 1.807) is 11.3 Å². The van der Waals surface area contributed by atoms with Crippen molar-refractivity contribution in [3.8, 4) is 5.75 Å². The largest absolute Gasteiger partial charge is 0.491 e. The van der Waals surface area contributed by atoms with Crippen molar-refractivity contribution < 1.29 is 14.3 Å². The summed E-state index contributed by atoms with van der Waals surface area (Å²) >= 11 is 1.58. The molecule has 3 aromatic rings. The molecule has 1 fully saturated rings. The quantitative estimate of drug-likeness (QED) is 0.436. The van der Waals surface area contributed by atoms with Crippen molar-refractivity contribution in [1.82, 2.24) is 9.88 Å². The zero-order valence-electron chi connectivity index (χ0n) is 19.5. The molecule has 0 atom stereocenters. The summed E-state index contributed by atoms with van der Waals surface area (Å²) < 4.78 is 12.3. The Hall–Kier alpha value is -2.19. The number of carbonyl (C=O) groups is 1. The molecule has 4 rings (SSSR count). The Morgan fingerprint density at radius 1 is 1.18 bits per heavy atom. The van der Waals surface area contributed by atoms with E-state index < -0.39 is 0 Å². The number of ether oxygens (including phenoxy) is 2. The summed E-state index contributed by atoms with van der Waals surface area (Å²) in [4.78, 5) is 22.5. The van der Waals surface area contributed by atoms with Crippen LogP contribution in [0.15, 0.2) is 42.5 Å². The minimum Gasteiger partial charge on any atom is -0.491 e. The van der Waals surface area contributed by atoms with Crippen LogP contribution in [-0.4, -0.2) is 61.3 Å². The average molecular weight is 490 g/mol. The predicted octanol–water partition coefficient (Wildman–Crippen LogP) is 5.18. The highest BCUT2D eigenvalue weighted by Crippen LogP contribution is 2.31. The molecule has 0 radical (unpaired) electrons. The van der Waals surface area contributed by atoms with Crippen molar-refractivity contribution in [3.63, 3.8) is 0 Å². The standard InChI is InChI=1S/C25H31N3O3S.ClH/c1-18(2)31-21-8-6-20(7-9-21)24(29)28(12-4-11-27-13-15-30-16-14-27)25-26-22-10-5-19(3)17-23(22)32-25;/h5-10,17-18H,4,11-16H2,1-3H3;1H. The van der Waals surface area contributed by atoms with Gasteiger partial charge in [0, 0.05) is 31.7 Å². The van der Waals surface area contributed by atoms with Crippen molar-refractivity contribution >= 4 is 45.0 Å². The Morgan fingerprint density at radius 2 is 1.91 bits per heavy atom. The number of fused-ring (bicyclic) bond motifs is 1. The van der Waals surface area contributed by atoms with Crippen molar-refractivity contribution in [3.05, 3.63) is 53.6 Å². The number of hydrogen-bond donors (Lipinski definition) is 0. The van der Waals surface area contributed by atoms with E-state index in [0.29, 0.717) is 12.1 Å². The lowest BCUT2D eigenvalue weighted by Gasteiger charge is -2.27. The normalized spacial score (nSPS) is 14.3. The molecule has 0 bridgehead atoms. The zero-order valence-corrected chi connectivity index (χ0v) is 21.1. The number of carbonyl (C=O) groups excluding carboxylic acids is 1. The van der Waals surface area contributed by atoms with Crippen LogP contribution in [0.4, 0.5) is 5.13 Å². The van der Waals surface area contributed by atoms with E-state index in [1.807, 2.05) is 49.1 Å². The Labute approximate surface area is 205 Å². The molecule has 2 aromatic carbocycles. The first-order valence-corrected chi connectivity index (χ1v) is 12.1. The molecule has 0 spiro atoms. The molecule has 2 heterocycles. The Kier molecular flexibility index (Phi) is 9.09. The first kappa shape index (κ1) is 25.4. The Morgan fingerprint density at radius 3 is 2.61 bits per heavy atom. The molecule has 1 aliphatic rings. The van der Waals surface area contributed by atoms with Gasteiger partial charge in [-0.2, -0.15) is 0 Å². The van der Waals surface area contributed by atoms with Crippen LogP contribution in [0.1, 0.15) is 36.2 Å². The maximum absolute atomic E-state index is 13.5. The molecular formula is C25H32ClN3O3S. The van der Waals surface area contributed by atoms with Gasteiger partial charge in [0.1, 0.15) is 5.75 Å². The third-order valence-electron chi connectivity index (χ3n) is 5.44. The zero-order chi connectivity index (χ0) is 22.5. The van der Waals surface area contributed by atoms with Crippen molar-refractivity contribution in [2.45, 2.75) is 33.3 Å². The van der Waals surface area contributed by atoms with Gasteiger partial charge >= 0.3 is 0 Å². The second kappa shape index (κ2) is 11.8. The third-order valence-corrected chi connectivity index (χ3v) is 6.48. The molecular weight excluding hydrogens is 458 g/mol. The molecule has 0 unspecified atom stereocenters. The van der Waals surface area contributed by atoms with Crippen molar-refractivity contribution in [2.75, 3.05) is 44.3 Å². The molecule has 0 saturated carbocycles. The maximum Gasteiger partial charge on any atom is 0.260 e. The Bertz CT molecular complexity index is 1050. The topological polar surface area (TPSA) is 54.9 Å². The highest BCUT2D eigenvalue weighted by Gasteiger charge is 2.22. The lowest BCUT2D eigenvalue weighted by atomic mass is 10.2. The number of halogens is 1. The lowest BCUT2D eigenvalue weighted by molar-refractivity contribution is 0.0376. The van der Waals surface area contributed by atoms with Gasteiger partial charge in [0.25, 0.3) is 5.91 Å². The number of morpholine rings is 1. The van der Waals surface area contributed by atoms with Gasteiger partial charge in [-0.05, 0) is 69.2 Å². The van der Waals surface area contributed by atoms with Gasteiger partial charge in [-0.15, -0.1) is 12.4 Å². The summed E-state index contributed by atoms with van der Waals surface area (Å²) in [5, 5.41) is 0.750. The van der Waals surface area contributed by atoms with Gasteiger partial charge in [-0.25, -0.2) is 4.98 Å². The summed E-state index contributed by atoms with van der Waals surface area (Å²) in [5.41, 5.74) is 2.77. The van der Waals surface area contributed by atoms with Crippen LogP contribution in [0.2, 0.25) is 0 Å². The highest BCUT2D eigenvalue weighted by atomic mass is 35.5. The maximum atomic E-state index is 13.5. The first-order chi connectivity index (χ1) is 15.5. The van der Waals surface area contributed by atoms with Crippen LogP contribution in [0.5, 0.6) is 5.75 Å². The Balaban J connectivity index is 0.00000306. The van der Waals surface area contributed by atoms with E-state index in [0.717, 1.165) is 60.4 Å². The minimum absolute atomic E-state index is 0. The number of anilines is 1. The van der Waals surface area contributed by atoms with Crippen molar-refractivity contribution in [2.24, 2.45) is 0 Å². The fourth-order valence-electron chi connectivity index (χ4n) is 3.80. The number of rotatable bonds is 8. The summed E-state index contributed by atoms with van der Waals surface area (Å²) in [6, 6.07) is 13.6. The fourth-order valence-corrected chi connectivity index (χ4v) is 4.89. The average Bonchev–Trinajstić information content (AvgIpc) is 3.20. The number of aromatic nitrogens is 1. The monoisotopic (exact) mass is 489 g/mol. The SMILES string of the molecule is Cc1ccc2nc(N(CCCN3CCOCC3)C(=O)c3ccc(OC(C)C)cc3)sc2c1.Cl. The molecule has 6 nitrogen and oxygen atoms in total. The molecule has 1 amide bonds. The molecule has 1 saturated heterocycles. The van der Waals surface area contributed by atoms with Crippen LogP contribution in [0, 0.1) is 6.92 Å². The molecule has 0 N–H and O–H groups in total. The predicted molar refractivity (Wildman–Crippen MR) is 137 cm³/mol. The number of nitrogens with zero attached hydrogens (tertiary/aromatic N) is 3. The van der Waals surface area contributed by atoms with Crippen LogP contribution >= 0.6 is 23.7 Å². The van der Waals surface area contributed by atoms with Gasteiger partial charge in [0.05, 0.1) is 29.5 Å². The summed E-state index contributed by atoms with van der Waals surface area (Å²) in [7, 11) is 0. The van der Waals surface area contributed by atoms with Crippen LogP contribution in [-0.2, 0) is 4.74 Å². The molecule has 1 aromatic heterocycles. The second-order valence-corrected chi connectivity index (χ2v) is 9.43. The summed E-state index contributed by atoms with van der Waals surface area (Å²) in [5.74, 6) is 0.740. The van der Waals surface area contributed by atoms with Gasteiger partial charge in [0.15, 0.2) is 5.13 Å². The second-order valence-electron chi connectivity index (χ2n) is 8.42. The van der Waals surface area contributed by atoms with Crippen LogP contribution < -0.4 is 9.64 Å². The highest BCUT2D eigenvalue weighted by molar-refractivity contribution is 7.22. The van der Waals surface area contributed by atoms with E-state index in [2.05, 4.69) is 24.0 Å². The van der Waals surface area contributed by atoms with E-state index in [1.165, 1.54) is 5.56 Å². The van der Waals surface area contributed by atoms with Gasteiger partial charge in [-0.3, -0.25) is 14.6 Å². The van der Waals surface area contributed by atoms with E-state index in [-0.39, 0.29) is 24.4 Å². The van der Waals surface area contributed by atoms with Crippen molar-refractivity contribution in [1.29, 1.82) is 0 Å². The molecule has 178 valence electrons. The molecule has 0 aliphatic carbocycles. The third kappa shape index (κ3) is 6.67. The van der Waals surface area contributed by atoms with Crippen LogP contribution in [0.25, 0.3) is 10.2 Å². The smallest absolute Gasteiger partial charge is 0.260 e. The number of amides is 1. The van der Waals surface area contributed by atoms with E-state index in [9.17, 15) is 4.79 Å². The minimum atomic E-state index is -0.0288. The van der Waals surface area contributed by atoms with Crippen LogP contribution in [0.3, 0.4) is 0 Å². The molecule has 1 aliphatic heterocycles. The van der Waals surface area contributed by atoms with Gasteiger partial charge in [-0.1, -0.05) is 17.4 Å². The number of hydrogen-bond acceptors (Lipinski definition) is 6. The van der Waals surface area contributed by atoms with Gasteiger partial charge in [0.2, 0.25) is 0 Å². The molecule has 8 heteroatoms. The van der Waals surface area contributed by atoms with E-state index in [4.69, 9.17) is 14.5 Å². The lowest BCUT2D eigenvalue weighted by Crippen LogP contribution is -2.39. The number of aryl methyl sites for hydroxylation is 1. The number of benzene rings is 2. The van der Waals surface area contributed by atoms with Gasteiger partial charge < -0.3 is 9.47 Å². The molecule has 33 heavy (non-hydrogen) atoms. The van der Waals surface area contributed by atoms with E-state index >= 15 is 0 Å².